The van der Waals surface area contributed by atoms with Crippen LogP contribution in [-0.4, -0.2) is 53.0 Å². The molecule has 38 heavy (non-hydrogen) atoms. The highest BCUT2D eigenvalue weighted by molar-refractivity contribution is 5.80. The summed E-state index contributed by atoms with van der Waals surface area (Å²) in [6, 6.07) is 7.33. The molecule has 0 bridgehead atoms. The number of carbonyl (C=O) groups excluding carboxylic acids is 1. The molecule has 0 spiro atoms. The Morgan fingerprint density at radius 1 is 1.05 bits per heavy atom. The maximum atomic E-state index is 13.7. The van der Waals surface area contributed by atoms with Crippen LogP contribution in [0.25, 0.3) is 10.9 Å². The molecule has 204 valence electrons. The zero-order valence-electron chi connectivity index (χ0n) is 20.5. The van der Waals surface area contributed by atoms with E-state index in [2.05, 4.69) is 0 Å². The molecular formula is C26H26F5N3O4. The summed E-state index contributed by atoms with van der Waals surface area (Å²) in [5, 5.41) is 0.0135. The zero-order chi connectivity index (χ0) is 27.6. The van der Waals surface area contributed by atoms with Crippen LogP contribution in [0.1, 0.15) is 35.6 Å². The molecule has 0 saturated carbocycles. The van der Waals surface area contributed by atoms with Gasteiger partial charge in [0.25, 0.3) is 5.56 Å². The van der Waals surface area contributed by atoms with Gasteiger partial charge in [0.05, 0.1) is 23.0 Å². The standard InChI is InChI=1S/C26H26F5N3O4/c1-16-2-3-17(10-22(16)26(29,30)31)14-33-24(36)21-11-19(38-20(12-27)13-28)4-5-23(21)34(25(33)37)18-6-8-32(15-35)9-7-18/h2-5,10-11,15,18,20H,6-9,12-14H2,1H3. The third kappa shape index (κ3) is 5.44. The first-order valence-corrected chi connectivity index (χ1v) is 12.0. The minimum Gasteiger partial charge on any atom is -0.485 e. The molecule has 1 fully saturated rings. The van der Waals surface area contributed by atoms with E-state index in [0.29, 0.717) is 32.3 Å². The van der Waals surface area contributed by atoms with Crippen LogP contribution >= 0.6 is 0 Å². The van der Waals surface area contributed by atoms with E-state index in [-0.39, 0.29) is 27.8 Å². The second kappa shape index (κ2) is 11.0. The number of benzene rings is 2. The average Bonchev–Trinajstić information content (AvgIpc) is 2.90. The first-order valence-electron chi connectivity index (χ1n) is 12.0. The zero-order valence-corrected chi connectivity index (χ0v) is 20.5. The Balaban J connectivity index is 1.87. The molecule has 1 aromatic heterocycles. The fourth-order valence-corrected chi connectivity index (χ4v) is 4.73. The van der Waals surface area contributed by atoms with E-state index in [1.54, 1.807) is 4.90 Å². The van der Waals surface area contributed by atoms with Crippen LogP contribution in [-0.2, 0) is 17.5 Å². The van der Waals surface area contributed by atoms with Crippen molar-refractivity contribution in [3.05, 3.63) is 73.9 Å². The molecule has 1 saturated heterocycles. The molecule has 0 atom stereocenters. The summed E-state index contributed by atoms with van der Waals surface area (Å²) in [5.74, 6) is 0.0112. The van der Waals surface area contributed by atoms with Crippen molar-refractivity contribution in [2.75, 3.05) is 26.4 Å². The highest BCUT2D eigenvalue weighted by Crippen LogP contribution is 2.32. The normalized spacial score (nSPS) is 14.9. The van der Waals surface area contributed by atoms with Crippen molar-refractivity contribution >= 4 is 17.3 Å². The highest BCUT2D eigenvalue weighted by Gasteiger charge is 2.32. The molecule has 12 heteroatoms. The lowest BCUT2D eigenvalue weighted by molar-refractivity contribution is -0.138. The van der Waals surface area contributed by atoms with E-state index < -0.39 is 55.0 Å². The van der Waals surface area contributed by atoms with Crippen LogP contribution in [0.3, 0.4) is 0 Å². The minimum atomic E-state index is -4.61. The number of halogens is 5. The average molecular weight is 540 g/mol. The van der Waals surface area contributed by atoms with Gasteiger partial charge in [-0.1, -0.05) is 12.1 Å². The molecule has 3 aromatic rings. The van der Waals surface area contributed by atoms with E-state index in [9.17, 15) is 36.3 Å². The third-order valence-corrected chi connectivity index (χ3v) is 6.75. The van der Waals surface area contributed by atoms with Gasteiger partial charge >= 0.3 is 11.9 Å². The Hall–Kier alpha value is -3.70. The minimum absolute atomic E-state index is 0.00327. The maximum Gasteiger partial charge on any atom is 0.416 e. The number of alkyl halides is 5. The number of fused-ring (bicyclic) bond motifs is 1. The lowest BCUT2D eigenvalue weighted by atomic mass is 10.0. The highest BCUT2D eigenvalue weighted by atomic mass is 19.4. The number of aromatic nitrogens is 2. The van der Waals surface area contributed by atoms with Crippen LogP contribution in [0, 0.1) is 6.92 Å². The number of piperidine rings is 1. The van der Waals surface area contributed by atoms with Gasteiger partial charge in [-0.25, -0.2) is 13.6 Å². The van der Waals surface area contributed by atoms with Crippen LogP contribution < -0.4 is 16.0 Å². The predicted molar refractivity (Wildman–Crippen MR) is 130 cm³/mol. The molecular weight excluding hydrogens is 513 g/mol. The van der Waals surface area contributed by atoms with E-state index >= 15 is 0 Å². The third-order valence-electron chi connectivity index (χ3n) is 6.75. The molecule has 2 aromatic carbocycles. The quantitative estimate of drug-likeness (QED) is 0.320. The maximum absolute atomic E-state index is 13.7. The largest absolute Gasteiger partial charge is 0.485 e. The van der Waals surface area contributed by atoms with Crippen LogP contribution in [0.5, 0.6) is 5.75 Å². The van der Waals surface area contributed by atoms with Gasteiger partial charge in [0.2, 0.25) is 6.41 Å². The Morgan fingerprint density at radius 2 is 1.74 bits per heavy atom. The number of carbonyl (C=O) groups is 1. The molecule has 0 radical (unpaired) electrons. The van der Waals surface area contributed by atoms with Crippen molar-refractivity contribution in [1.82, 2.24) is 14.0 Å². The summed E-state index contributed by atoms with van der Waals surface area (Å²) in [5.41, 5.74) is -1.99. The lowest BCUT2D eigenvalue weighted by Crippen LogP contribution is -2.44. The van der Waals surface area contributed by atoms with Crippen LogP contribution in [0.2, 0.25) is 0 Å². The number of rotatable bonds is 8. The van der Waals surface area contributed by atoms with Gasteiger partial charge in [-0.3, -0.25) is 18.7 Å². The van der Waals surface area contributed by atoms with Gasteiger partial charge in [-0.15, -0.1) is 0 Å². The summed E-state index contributed by atoms with van der Waals surface area (Å²) in [4.78, 5) is 39.8. The smallest absolute Gasteiger partial charge is 0.416 e. The summed E-state index contributed by atoms with van der Waals surface area (Å²) < 4.78 is 74.0. The van der Waals surface area contributed by atoms with E-state index in [1.165, 1.54) is 41.8 Å². The monoisotopic (exact) mass is 539 g/mol. The Kier molecular flexibility index (Phi) is 7.89. The second-order valence-electron chi connectivity index (χ2n) is 9.29. The molecule has 4 rings (SSSR count). The number of hydrogen-bond donors (Lipinski definition) is 0. The summed E-state index contributed by atoms with van der Waals surface area (Å²) in [6.07, 6.45) is -4.45. The molecule has 1 aliphatic rings. The van der Waals surface area contributed by atoms with E-state index in [4.69, 9.17) is 4.74 Å². The Bertz CT molecular complexity index is 1440. The number of aryl methyl sites for hydroxylation is 1. The molecule has 0 unspecified atom stereocenters. The van der Waals surface area contributed by atoms with Crippen molar-refractivity contribution in [3.8, 4) is 5.75 Å². The number of likely N-dealkylation sites (tertiary alicyclic amines) is 1. The van der Waals surface area contributed by atoms with Gasteiger partial charge in [-0.05, 0) is 55.2 Å². The Labute approximate surface area is 214 Å². The summed E-state index contributed by atoms with van der Waals surface area (Å²) in [6.45, 7) is -0.539. The number of ether oxygens (including phenoxy) is 1. The van der Waals surface area contributed by atoms with Gasteiger partial charge < -0.3 is 9.64 Å². The van der Waals surface area contributed by atoms with Crippen LogP contribution in [0.4, 0.5) is 22.0 Å². The number of amides is 1. The SMILES string of the molecule is Cc1ccc(Cn2c(=O)c3cc(OC(CF)CF)ccc3n(C3CCN(C=O)CC3)c2=O)cc1C(F)(F)F. The van der Waals surface area contributed by atoms with Gasteiger partial charge in [-0.2, -0.15) is 13.2 Å². The second-order valence-corrected chi connectivity index (χ2v) is 9.29. The topological polar surface area (TPSA) is 73.5 Å². The molecule has 1 aliphatic heterocycles. The molecule has 1 amide bonds. The Morgan fingerprint density at radius 3 is 2.34 bits per heavy atom. The predicted octanol–water partition coefficient (Wildman–Crippen LogP) is 4.02. The molecule has 0 aliphatic carbocycles. The van der Waals surface area contributed by atoms with Crippen molar-refractivity contribution < 1.29 is 31.5 Å². The van der Waals surface area contributed by atoms with Gasteiger partial charge in [0, 0.05) is 19.1 Å². The van der Waals surface area contributed by atoms with E-state index in [1.807, 2.05) is 0 Å². The fraction of sp³-hybridized carbons (Fsp3) is 0.423. The van der Waals surface area contributed by atoms with Crippen molar-refractivity contribution in [2.45, 2.75) is 44.6 Å². The van der Waals surface area contributed by atoms with Gasteiger partial charge in [0.1, 0.15) is 19.1 Å². The summed E-state index contributed by atoms with van der Waals surface area (Å²) in [7, 11) is 0. The van der Waals surface area contributed by atoms with Crippen molar-refractivity contribution in [2.24, 2.45) is 0 Å². The molecule has 7 nitrogen and oxygen atoms in total. The first-order chi connectivity index (χ1) is 18.1. The number of hydrogen-bond acceptors (Lipinski definition) is 4. The molecule has 0 N–H and O–H groups in total. The van der Waals surface area contributed by atoms with E-state index in [0.717, 1.165) is 10.6 Å². The number of nitrogens with zero attached hydrogens (tertiary/aromatic N) is 3. The lowest BCUT2D eigenvalue weighted by Gasteiger charge is -2.31. The van der Waals surface area contributed by atoms with Crippen molar-refractivity contribution in [3.63, 3.8) is 0 Å². The van der Waals surface area contributed by atoms with Gasteiger partial charge in [0.15, 0.2) is 6.10 Å². The first kappa shape index (κ1) is 27.3. The summed E-state index contributed by atoms with van der Waals surface area (Å²) >= 11 is 0. The van der Waals surface area contributed by atoms with Crippen molar-refractivity contribution in [1.29, 1.82) is 0 Å². The van der Waals surface area contributed by atoms with Crippen LogP contribution in [0.15, 0.2) is 46.0 Å². The fourth-order valence-electron chi connectivity index (χ4n) is 4.73. The molecule has 2 heterocycles.